The second kappa shape index (κ2) is 10.2. The van der Waals surface area contributed by atoms with Crippen molar-refractivity contribution in [2.75, 3.05) is 19.6 Å². The summed E-state index contributed by atoms with van der Waals surface area (Å²) in [5.74, 6) is 0.167. The highest BCUT2D eigenvalue weighted by molar-refractivity contribution is 5.81. The molecule has 0 aromatic rings. The number of carbonyl (C=O) groups excluding carboxylic acids is 1. The third-order valence-corrected chi connectivity index (χ3v) is 4.39. The molecule has 0 aromatic carbocycles. The lowest BCUT2D eigenvalue weighted by molar-refractivity contribution is -0.127. The van der Waals surface area contributed by atoms with Gasteiger partial charge in [0.1, 0.15) is 0 Å². The summed E-state index contributed by atoms with van der Waals surface area (Å²) in [6.07, 6.45) is 9.80. The molecule has 1 unspecified atom stereocenters. The van der Waals surface area contributed by atoms with Crippen LogP contribution in [-0.4, -0.2) is 42.5 Å². The molecule has 1 amide bonds. The Bertz CT molecular complexity index is 264. The monoisotopic (exact) mass is 283 g/mol. The molecule has 1 aliphatic carbocycles. The van der Waals surface area contributed by atoms with Crippen LogP contribution >= 0.6 is 0 Å². The maximum Gasteiger partial charge on any atom is 0.237 e. The van der Waals surface area contributed by atoms with Crippen LogP contribution in [0, 0.1) is 0 Å². The molecular formula is C16H33N3O. The van der Waals surface area contributed by atoms with E-state index in [0.29, 0.717) is 12.6 Å². The van der Waals surface area contributed by atoms with Gasteiger partial charge in [-0.15, -0.1) is 0 Å². The number of carbonyl (C=O) groups is 1. The van der Waals surface area contributed by atoms with Crippen molar-refractivity contribution in [3.63, 3.8) is 0 Å². The molecule has 1 fully saturated rings. The number of nitrogens with zero attached hydrogens (tertiary/aromatic N) is 1. The van der Waals surface area contributed by atoms with Crippen molar-refractivity contribution in [2.45, 2.75) is 77.3 Å². The molecule has 1 atom stereocenters. The van der Waals surface area contributed by atoms with Crippen LogP contribution in [0.4, 0.5) is 0 Å². The van der Waals surface area contributed by atoms with E-state index in [9.17, 15) is 4.79 Å². The van der Waals surface area contributed by atoms with Crippen LogP contribution in [0.25, 0.3) is 0 Å². The van der Waals surface area contributed by atoms with Crippen LogP contribution < -0.4 is 11.1 Å². The van der Waals surface area contributed by atoms with Gasteiger partial charge in [-0.3, -0.25) is 9.69 Å². The van der Waals surface area contributed by atoms with Gasteiger partial charge in [-0.25, -0.2) is 0 Å². The average molecular weight is 283 g/mol. The van der Waals surface area contributed by atoms with Crippen molar-refractivity contribution in [3.8, 4) is 0 Å². The van der Waals surface area contributed by atoms with E-state index in [2.05, 4.69) is 17.1 Å². The third kappa shape index (κ3) is 5.80. The summed E-state index contributed by atoms with van der Waals surface area (Å²) in [6, 6.07) is 0.493. The van der Waals surface area contributed by atoms with Crippen LogP contribution in [0.3, 0.4) is 0 Å². The smallest absolute Gasteiger partial charge is 0.237 e. The van der Waals surface area contributed by atoms with Crippen molar-refractivity contribution in [2.24, 2.45) is 5.73 Å². The van der Waals surface area contributed by atoms with Crippen LogP contribution in [-0.2, 0) is 4.79 Å². The van der Waals surface area contributed by atoms with E-state index < -0.39 is 0 Å². The van der Waals surface area contributed by atoms with E-state index >= 15 is 0 Å². The van der Waals surface area contributed by atoms with Crippen molar-refractivity contribution >= 4 is 5.91 Å². The molecule has 0 spiro atoms. The molecule has 4 nitrogen and oxygen atoms in total. The van der Waals surface area contributed by atoms with Crippen molar-refractivity contribution in [1.82, 2.24) is 10.2 Å². The maximum atomic E-state index is 12.3. The van der Waals surface area contributed by atoms with Crippen molar-refractivity contribution < 1.29 is 4.79 Å². The first kappa shape index (κ1) is 17.4. The lowest BCUT2D eigenvalue weighted by Gasteiger charge is -2.37. The van der Waals surface area contributed by atoms with Crippen molar-refractivity contribution in [3.05, 3.63) is 0 Å². The Morgan fingerprint density at radius 2 is 2.00 bits per heavy atom. The Kier molecular flexibility index (Phi) is 8.86. The van der Waals surface area contributed by atoms with Gasteiger partial charge in [-0.05, 0) is 26.2 Å². The Hall–Kier alpha value is -0.610. The van der Waals surface area contributed by atoms with Crippen LogP contribution in [0.15, 0.2) is 0 Å². The summed E-state index contributed by atoms with van der Waals surface area (Å²) in [5.41, 5.74) is 5.74. The van der Waals surface area contributed by atoms with Crippen LogP contribution in [0.1, 0.15) is 65.2 Å². The van der Waals surface area contributed by atoms with E-state index in [1.54, 1.807) is 0 Å². The van der Waals surface area contributed by atoms with Crippen LogP contribution in [0.2, 0.25) is 0 Å². The van der Waals surface area contributed by atoms with Gasteiger partial charge in [0.05, 0.1) is 6.04 Å². The number of rotatable bonds is 9. The highest BCUT2D eigenvalue weighted by atomic mass is 16.2. The first-order valence-corrected chi connectivity index (χ1v) is 8.44. The molecule has 0 saturated heterocycles. The zero-order valence-corrected chi connectivity index (χ0v) is 13.4. The summed E-state index contributed by atoms with van der Waals surface area (Å²) < 4.78 is 0. The zero-order chi connectivity index (χ0) is 14.8. The van der Waals surface area contributed by atoms with E-state index in [0.717, 1.165) is 19.5 Å². The molecule has 0 radical (unpaired) electrons. The highest BCUT2D eigenvalue weighted by Crippen LogP contribution is 2.23. The standard InChI is InChI=1S/C16H33N3O/c1-3-4-8-12-18-16(20)14(2)19(13-11-17)15-9-6-5-7-10-15/h14-15H,3-13,17H2,1-2H3,(H,18,20). The molecular weight excluding hydrogens is 250 g/mol. The summed E-state index contributed by atoms with van der Waals surface area (Å²) in [5, 5.41) is 3.07. The normalized spacial score (nSPS) is 18.2. The van der Waals surface area contributed by atoms with Gasteiger partial charge in [0.15, 0.2) is 0 Å². The Labute approximate surface area is 124 Å². The highest BCUT2D eigenvalue weighted by Gasteiger charge is 2.28. The summed E-state index contributed by atoms with van der Waals surface area (Å²) in [6.45, 7) is 6.46. The number of hydrogen-bond donors (Lipinski definition) is 2. The fraction of sp³-hybridized carbons (Fsp3) is 0.938. The Balaban J connectivity index is 2.44. The molecule has 3 N–H and O–H groups in total. The molecule has 0 aliphatic heterocycles. The maximum absolute atomic E-state index is 12.3. The SMILES string of the molecule is CCCCCNC(=O)C(C)N(CCN)C1CCCCC1. The zero-order valence-electron chi connectivity index (χ0n) is 13.4. The van der Waals surface area contributed by atoms with E-state index in [-0.39, 0.29) is 11.9 Å². The summed E-state index contributed by atoms with van der Waals surface area (Å²) in [7, 11) is 0. The molecule has 1 aliphatic rings. The quantitative estimate of drug-likeness (QED) is 0.638. The predicted molar refractivity (Wildman–Crippen MR) is 84.6 cm³/mol. The number of nitrogens with one attached hydrogen (secondary N) is 1. The Morgan fingerprint density at radius 3 is 2.60 bits per heavy atom. The molecule has 0 heterocycles. The number of hydrogen-bond acceptors (Lipinski definition) is 3. The van der Waals surface area contributed by atoms with E-state index in [1.165, 1.54) is 44.9 Å². The minimum Gasteiger partial charge on any atom is -0.355 e. The first-order valence-electron chi connectivity index (χ1n) is 8.44. The van der Waals surface area contributed by atoms with Gasteiger partial charge >= 0.3 is 0 Å². The number of unbranched alkanes of at least 4 members (excludes halogenated alkanes) is 2. The van der Waals surface area contributed by atoms with Gasteiger partial charge in [-0.1, -0.05) is 39.0 Å². The van der Waals surface area contributed by atoms with Gasteiger partial charge in [0.25, 0.3) is 0 Å². The molecule has 4 heteroatoms. The topological polar surface area (TPSA) is 58.4 Å². The second-order valence-corrected chi connectivity index (χ2v) is 5.99. The predicted octanol–water partition coefficient (Wildman–Crippen LogP) is 2.27. The molecule has 20 heavy (non-hydrogen) atoms. The fourth-order valence-electron chi connectivity index (χ4n) is 3.14. The van der Waals surface area contributed by atoms with Gasteiger partial charge in [0.2, 0.25) is 5.91 Å². The van der Waals surface area contributed by atoms with E-state index in [1.807, 2.05) is 6.92 Å². The van der Waals surface area contributed by atoms with Gasteiger partial charge in [0, 0.05) is 25.7 Å². The minimum atomic E-state index is -0.0525. The van der Waals surface area contributed by atoms with Crippen LogP contribution in [0.5, 0.6) is 0 Å². The first-order chi connectivity index (χ1) is 9.70. The minimum absolute atomic E-state index is 0.0525. The number of amides is 1. The third-order valence-electron chi connectivity index (χ3n) is 4.39. The molecule has 1 rings (SSSR count). The van der Waals surface area contributed by atoms with Crippen molar-refractivity contribution in [1.29, 1.82) is 0 Å². The Morgan fingerprint density at radius 1 is 1.30 bits per heavy atom. The average Bonchev–Trinajstić information content (AvgIpc) is 2.49. The van der Waals surface area contributed by atoms with Gasteiger partial charge in [-0.2, -0.15) is 0 Å². The molecule has 118 valence electrons. The lowest BCUT2D eigenvalue weighted by atomic mass is 9.93. The fourth-order valence-corrected chi connectivity index (χ4v) is 3.14. The summed E-state index contributed by atoms with van der Waals surface area (Å²) in [4.78, 5) is 14.6. The number of nitrogens with two attached hydrogens (primary N) is 1. The van der Waals surface area contributed by atoms with Gasteiger partial charge < -0.3 is 11.1 Å². The largest absolute Gasteiger partial charge is 0.355 e. The second-order valence-electron chi connectivity index (χ2n) is 5.99. The lowest BCUT2D eigenvalue weighted by Crippen LogP contribution is -2.52. The van der Waals surface area contributed by atoms with E-state index in [4.69, 9.17) is 5.73 Å². The molecule has 0 aromatic heterocycles. The molecule has 1 saturated carbocycles. The summed E-state index contributed by atoms with van der Waals surface area (Å²) >= 11 is 0. The molecule has 0 bridgehead atoms.